The maximum absolute atomic E-state index is 6.15. The van der Waals surface area contributed by atoms with Gasteiger partial charge in [-0.3, -0.25) is 0 Å². The summed E-state index contributed by atoms with van der Waals surface area (Å²) in [6.07, 6.45) is 5.01. The van der Waals surface area contributed by atoms with Crippen LogP contribution in [0.25, 0.3) is 0 Å². The summed E-state index contributed by atoms with van der Waals surface area (Å²) in [4.78, 5) is 1.27. The normalized spacial score (nSPS) is 25.4. The lowest BCUT2D eigenvalue weighted by Gasteiger charge is -2.27. The Morgan fingerprint density at radius 3 is 2.88 bits per heavy atom. The van der Waals surface area contributed by atoms with Crippen LogP contribution in [-0.2, 0) is 0 Å². The Hall–Kier alpha value is -0.670. The van der Waals surface area contributed by atoms with Crippen LogP contribution in [0.1, 0.15) is 25.7 Å². The van der Waals surface area contributed by atoms with E-state index in [0.717, 1.165) is 5.75 Å². The van der Waals surface area contributed by atoms with Gasteiger partial charge in [0, 0.05) is 16.2 Å². The Bertz CT molecular complexity index is 342. The number of nitrogens with two attached hydrogens (primary N) is 1. The molecular weight excluding hydrogens is 218 g/mol. The fraction of sp³-hybridized carbons (Fsp3) is 0.538. The zero-order valence-corrected chi connectivity index (χ0v) is 10.5. The third-order valence-corrected chi connectivity index (χ3v) is 4.50. The smallest absolute Gasteiger partial charge is 0.119 e. The van der Waals surface area contributed by atoms with Crippen LogP contribution in [0.5, 0.6) is 5.75 Å². The maximum atomic E-state index is 6.15. The lowest BCUT2D eigenvalue weighted by molar-refractivity contribution is 0.413. The van der Waals surface area contributed by atoms with Gasteiger partial charge < -0.3 is 10.5 Å². The average molecular weight is 237 g/mol. The van der Waals surface area contributed by atoms with Gasteiger partial charge in [0.2, 0.25) is 0 Å². The van der Waals surface area contributed by atoms with Crippen molar-refractivity contribution in [3.8, 4) is 5.75 Å². The number of hydrogen-bond acceptors (Lipinski definition) is 3. The molecule has 0 amide bonds. The molecule has 0 radical (unpaired) electrons. The molecule has 0 heterocycles. The van der Waals surface area contributed by atoms with Crippen molar-refractivity contribution in [2.45, 2.75) is 41.9 Å². The minimum atomic E-state index is 0.352. The van der Waals surface area contributed by atoms with Crippen LogP contribution in [0.15, 0.2) is 29.2 Å². The van der Waals surface area contributed by atoms with Crippen LogP contribution in [0.4, 0.5) is 0 Å². The predicted molar refractivity (Wildman–Crippen MR) is 69.1 cm³/mol. The molecule has 0 bridgehead atoms. The van der Waals surface area contributed by atoms with Crippen LogP contribution < -0.4 is 10.5 Å². The summed E-state index contributed by atoms with van der Waals surface area (Å²) in [6.45, 7) is 0. The molecule has 2 atom stereocenters. The zero-order chi connectivity index (χ0) is 11.4. The monoisotopic (exact) mass is 237 g/mol. The third-order valence-electron chi connectivity index (χ3n) is 3.08. The largest absolute Gasteiger partial charge is 0.497 e. The topological polar surface area (TPSA) is 35.2 Å². The van der Waals surface area contributed by atoms with Crippen molar-refractivity contribution in [2.24, 2.45) is 5.73 Å². The van der Waals surface area contributed by atoms with Gasteiger partial charge in [0.15, 0.2) is 0 Å². The molecule has 1 fully saturated rings. The summed E-state index contributed by atoms with van der Waals surface area (Å²) < 4.78 is 5.23. The molecule has 1 aliphatic carbocycles. The van der Waals surface area contributed by atoms with Crippen molar-refractivity contribution >= 4 is 11.8 Å². The summed E-state index contributed by atoms with van der Waals surface area (Å²) in [5.74, 6) is 0.925. The van der Waals surface area contributed by atoms with Crippen LogP contribution in [0.3, 0.4) is 0 Å². The molecule has 2 nitrogen and oxygen atoms in total. The minimum absolute atomic E-state index is 0.352. The molecule has 0 aliphatic heterocycles. The van der Waals surface area contributed by atoms with Crippen molar-refractivity contribution in [3.63, 3.8) is 0 Å². The lowest BCUT2D eigenvalue weighted by Crippen LogP contribution is -2.35. The minimum Gasteiger partial charge on any atom is -0.497 e. The van der Waals surface area contributed by atoms with Crippen molar-refractivity contribution in [1.29, 1.82) is 0 Å². The highest BCUT2D eigenvalue weighted by Crippen LogP contribution is 2.34. The number of thioether (sulfide) groups is 1. The molecule has 1 aromatic carbocycles. The van der Waals surface area contributed by atoms with E-state index in [0.29, 0.717) is 11.3 Å². The summed E-state index contributed by atoms with van der Waals surface area (Å²) >= 11 is 1.90. The van der Waals surface area contributed by atoms with E-state index >= 15 is 0 Å². The van der Waals surface area contributed by atoms with Crippen molar-refractivity contribution in [1.82, 2.24) is 0 Å². The van der Waals surface area contributed by atoms with Crippen LogP contribution in [-0.4, -0.2) is 18.4 Å². The molecule has 1 aromatic rings. The van der Waals surface area contributed by atoms with E-state index in [9.17, 15) is 0 Å². The van der Waals surface area contributed by atoms with E-state index in [2.05, 4.69) is 12.1 Å². The van der Waals surface area contributed by atoms with E-state index in [1.165, 1.54) is 30.6 Å². The molecular formula is C13H19NOS. The van der Waals surface area contributed by atoms with Crippen LogP contribution in [0.2, 0.25) is 0 Å². The van der Waals surface area contributed by atoms with E-state index in [4.69, 9.17) is 10.5 Å². The first kappa shape index (κ1) is 11.8. The highest BCUT2D eigenvalue weighted by molar-refractivity contribution is 8.00. The average Bonchev–Trinajstić information content (AvgIpc) is 2.32. The predicted octanol–water partition coefficient (Wildman–Crippen LogP) is 3.06. The zero-order valence-electron chi connectivity index (χ0n) is 9.69. The first-order valence-electron chi connectivity index (χ1n) is 5.86. The van der Waals surface area contributed by atoms with Gasteiger partial charge in [-0.2, -0.15) is 0 Å². The molecule has 2 rings (SSSR count). The summed E-state index contributed by atoms with van der Waals surface area (Å²) in [7, 11) is 1.70. The van der Waals surface area contributed by atoms with Gasteiger partial charge in [0.1, 0.15) is 5.75 Å². The highest BCUT2D eigenvalue weighted by atomic mass is 32.2. The fourth-order valence-electron chi connectivity index (χ4n) is 2.12. The second-order valence-corrected chi connectivity index (χ2v) is 5.60. The van der Waals surface area contributed by atoms with Crippen LogP contribution >= 0.6 is 11.8 Å². The fourth-order valence-corrected chi connectivity index (χ4v) is 3.41. The Morgan fingerprint density at radius 2 is 2.12 bits per heavy atom. The van der Waals surface area contributed by atoms with Gasteiger partial charge in [0.25, 0.3) is 0 Å². The molecule has 0 spiro atoms. The summed E-state index contributed by atoms with van der Waals surface area (Å²) in [6, 6.07) is 8.59. The molecule has 2 unspecified atom stereocenters. The molecule has 1 aliphatic rings. The third kappa shape index (κ3) is 2.92. The molecule has 1 saturated carbocycles. The SMILES string of the molecule is COc1cccc(SC2CCCCC2N)c1. The molecule has 2 N–H and O–H groups in total. The first-order chi connectivity index (χ1) is 7.79. The van der Waals surface area contributed by atoms with Gasteiger partial charge in [-0.1, -0.05) is 18.9 Å². The van der Waals surface area contributed by atoms with Crippen molar-refractivity contribution in [2.75, 3.05) is 7.11 Å². The van der Waals surface area contributed by atoms with E-state index in [-0.39, 0.29) is 0 Å². The second-order valence-electron chi connectivity index (χ2n) is 4.28. The summed E-state index contributed by atoms with van der Waals surface area (Å²) in [5, 5.41) is 0.570. The number of methoxy groups -OCH3 is 1. The van der Waals surface area contributed by atoms with Gasteiger partial charge in [-0.15, -0.1) is 11.8 Å². The Labute approximate surface area is 102 Å². The summed E-state index contributed by atoms with van der Waals surface area (Å²) in [5.41, 5.74) is 6.15. The van der Waals surface area contributed by atoms with E-state index in [1.807, 2.05) is 23.9 Å². The van der Waals surface area contributed by atoms with E-state index < -0.39 is 0 Å². The molecule has 3 heteroatoms. The Morgan fingerprint density at radius 1 is 1.31 bits per heavy atom. The number of hydrogen-bond donors (Lipinski definition) is 1. The van der Waals surface area contributed by atoms with Gasteiger partial charge in [-0.05, 0) is 31.0 Å². The molecule has 0 aromatic heterocycles. The van der Waals surface area contributed by atoms with Crippen molar-refractivity contribution < 1.29 is 4.74 Å². The molecule has 16 heavy (non-hydrogen) atoms. The maximum Gasteiger partial charge on any atom is 0.119 e. The molecule has 88 valence electrons. The van der Waals surface area contributed by atoms with Crippen LogP contribution in [0, 0.1) is 0 Å². The number of benzene rings is 1. The number of ether oxygens (including phenoxy) is 1. The van der Waals surface area contributed by atoms with E-state index in [1.54, 1.807) is 7.11 Å². The van der Waals surface area contributed by atoms with Crippen molar-refractivity contribution in [3.05, 3.63) is 24.3 Å². The Balaban J connectivity index is 2.01. The second kappa shape index (κ2) is 5.60. The molecule has 0 saturated heterocycles. The highest BCUT2D eigenvalue weighted by Gasteiger charge is 2.22. The standard InChI is InChI=1S/C13H19NOS/c1-15-10-5-4-6-11(9-10)16-13-8-3-2-7-12(13)14/h4-6,9,12-13H,2-3,7-8,14H2,1H3. The van der Waals surface area contributed by atoms with Gasteiger partial charge in [0.05, 0.1) is 7.11 Å². The lowest BCUT2D eigenvalue weighted by atomic mass is 9.96. The quantitative estimate of drug-likeness (QED) is 0.877. The van der Waals surface area contributed by atoms with Gasteiger partial charge >= 0.3 is 0 Å². The number of rotatable bonds is 3. The first-order valence-corrected chi connectivity index (χ1v) is 6.74. The Kier molecular flexibility index (Phi) is 4.13. The van der Waals surface area contributed by atoms with Gasteiger partial charge in [-0.25, -0.2) is 0 Å².